The van der Waals surface area contributed by atoms with Crippen molar-refractivity contribution in [2.75, 3.05) is 18.1 Å². The molecule has 1 aliphatic heterocycles. The van der Waals surface area contributed by atoms with Gasteiger partial charge < -0.3 is 35.0 Å². The molecule has 0 spiro atoms. The number of para-hydroxylation sites is 2. The number of hydrogen-bond donors (Lipinski definition) is 4. The number of aromatic amines is 2. The van der Waals surface area contributed by atoms with Gasteiger partial charge in [0.05, 0.1) is 13.2 Å². The minimum absolute atomic E-state index is 0.228. The number of H-pyrrole nitrogens is 2. The van der Waals surface area contributed by atoms with E-state index in [1.54, 1.807) is 29.4 Å². The van der Waals surface area contributed by atoms with Crippen LogP contribution in [0.5, 0.6) is 0 Å². The molecule has 1 aliphatic rings. The van der Waals surface area contributed by atoms with Gasteiger partial charge in [-0.15, -0.1) is 0 Å². The van der Waals surface area contributed by atoms with Gasteiger partial charge in [0, 0.05) is 65.1 Å². The molecule has 4 atom stereocenters. The molecule has 2 amide bonds. The van der Waals surface area contributed by atoms with E-state index in [2.05, 4.69) is 39.4 Å². The van der Waals surface area contributed by atoms with Crippen LogP contribution in [0.3, 0.4) is 0 Å². The molecule has 2 aromatic carbocycles. The van der Waals surface area contributed by atoms with Crippen LogP contribution >= 0.6 is 0 Å². The third-order valence-electron chi connectivity index (χ3n) is 10.8. The van der Waals surface area contributed by atoms with Gasteiger partial charge >= 0.3 is 11.9 Å². The van der Waals surface area contributed by atoms with E-state index >= 15 is 0 Å². The topological polar surface area (TPSA) is 159 Å². The second kappa shape index (κ2) is 20.5. The Bertz CT molecular complexity index is 1950. The van der Waals surface area contributed by atoms with Crippen molar-refractivity contribution in [2.24, 2.45) is 0 Å². The fraction of sp³-hybridized carbons (Fsp3) is 0.444. The van der Waals surface area contributed by atoms with Crippen molar-refractivity contribution in [3.05, 3.63) is 96.6 Å². The number of aromatic nitrogens is 3. The minimum atomic E-state index is -0.956. The molecule has 3 aromatic heterocycles. The molecule has 1 fully saturated rings. The maximum absolute atomic E-state index is 14.4. The molecule has 0 saturated carbocycles. The number of benzene rings is 2. The highest BCUT2D eigenvalue weighted by atomic mass is 16.5. The Labute approximate surface area is 334 Å². The highest BCUT2D eigenvalue weighted by Crippen LogP contribution is 2.31. The summed E-state index contributed by atoms with van der Waals surface area (Å²) in [4.78, 5) is 68.6. The Balaban J connectivity index is 1.21. The van der Waals surface area contributed by atoms with Gasteiger partial charge in [0.2, 0.25) is 11.8 Å². The van der Waals surface area contributed by atoms with E-state index in [-0.39, 0.29) is 26.1 Å². The molecular formula is C45H56N6O6. The van der Waals surface area contributed by atoms with Crippen molar-refractivity contribution >= 4 is 51.2 Å². The van der Waals surface area contributed by atoms with E-state index in [9.17, 15) is 19.2 Å². The molecule has 12 heteroatoms. The van der Waals surface area contributed by atoms with E-state index < -0.39 is 47.9 Å². The molecule has 57 heavy (non-hydrogen) atoms. The second-order valence-electron chi connectivity index (χ2n) is 14.9. The Morgan fingerprint density at radius 1 is 0.667 bits per heavy atom. The Morgan fingerprint density at radius 3 is 1.58 bits per heavy atom. The third kappa shape index (κ3) is 10.6. The first-order valence-electron chi connectivity index (χ1n) is 20.6. The molecule has 4 heterocycles. The van der Waals surface area contributed by atoms with E-state index in [4.69, 9.17) is 9.47 Å². The van der Waals surface area contributed by atoms with Gasteiger partial charge in [-0.25, -0.2) is 9.59 Å². The fourth-order valence-electron chi connectivity index (χ4n) is 7.77. The SMILES string of the molecule is CCCCCCOC(=O)[C@H](Cc1c[nH]c2ccccc12)NC(=O)[C@@H]1CC[C@@H](C(=O)N[C@@H](Cc2c[nH]c3ccccc23)C(=O)OCCCCCC)N1c1ccncc1. The number of nitrogens with zero attached hydrogens (tertiary/aromatic N) is 2. The number of rotatable bonds is 21. The first-order chi connectivity index (χ1) is 27.9. The lowest BCUT2D eigenvalue weighted by Gasteiger charge is -2.32. The number of ether oxygens (including phenoxy) is 2. The van der Waals surface area contributed by atoms with Crippen molar-refractivity contribution in [3.63, 3.8) is 0 Å². The number of anilines is 1. The molecule has 4 N–H and O–H groups in total. The molecular weight excluding hydrogens is 721 g/mol. The van der Waals surface area contributed by atoms with Crippen molar-refractivity contribution < 1.29 is 28.7 Å². The zero-order chi connectivity index (χ0) is 40.0. The van der Waals surface area contributed by atoms with Gasteiger partial charge in [-0.2, -0.15) is 0 Å². The highest BCUT2D eigenvalue weighted by molar-refractivity contribution is 5.96. The molecule has 5 aromatic rings. The van der Waals surface area contributed by atoms with Crippen LogP contribution < -0.4 is 15.5 Å². The zero-order valence-corrected chi connectivity index (χ0v) is 33.1. The molecule has 302 valence electrons. The van der Waals surface area contributed by atoms with Crippen LogP contribution in [0.25, 0.3) is 21.8 Å². The quantitative estimate of drug-likeness (QED) is 0.0455. The largest absolute Gasteiger partial charge is 0.464 e. The Morgan fingerprint density at radius 2 is 1.12 bits per heavy atom. The van der Waals surface area contributed by atoms with Gasteiger partial charge in [-0.3, -0.25) is 14.6 Å². The van der Waals surface area contributed by atoms with Gasteiger partial charge in [0.15, 0.2) is 0 Å². The van der Waals surface area contributed by atoms with Crippen molar-refractivity contribution in [1.29, 1.82) is 0 Å². The number of nitrogens with one attached hydrogen (secondary N) is 4. The number of carbonyl (C=O) groups is 4. The zero-order valence-electron chi connectivity index (χ0n) is 33.1. The highest BCUT2D eigenvalue weighted by Gasteiger charge is 2.43. The standard InChI is InChI=1S/C45H56N6O6/c1-3-5-7-13-25-56-44(54)38(27-31-29-47-36-17-11-9-15-34(31)36)49-42(52)40-19-20-41(51(40)33-21-23-46-24-22-33)43(53)50-39(45(55)57-26-14-8-6-4-2)28-32-30-48-37-18-12-10-16-35(32)37/h9-12,15-18,21-24,29-30,38-41,47-48H,3-8,13-14,19-20,25-28H2,1-2H3,(H,49,52)(H,50,53)/t38-,39-,40-,41-/m0/s1. The monoisotopic (exact) mass is 776 g/mol. The smallest absolute Gasteiger partial charge is 0.328 e. The summed E-state index contributed by atoms with van der Waals surface area (Å²) in [6, 6.07) is 15.7. The van der Waals surface area contributed by atoms with E-state index in [0.717, 1.165) is 84.3 Å². The van der Waals surface area contributed by atoms with Gasteiger partial charge in [0.1, 0.15) is 24.2 Å². The lowest BCUT2D eigenvalue weighted by molar-refractivity contribution is -0.148. The average molecular weight is 777 g/mol. The third-order valence-corrected chi connectivity index (χ3v) is 10.8. The van der Waals surface area contributed by atoms with Crippen molar-refractivity contribution in [2.45, 2.75) is 115 Å². The van der Waals surface area contributed by atoms with E-state index in [1.807, 2.05) is 60.9 Å². The van der Waals surface area contributed by atoms with Gasteiger partial charge in [-0.05, 0) is 61.1 Å². The number of esters is 2. The van der Waals surface area contributed by atoms with Crippen LogP contribution in [0.2, 0.25) is 0 Å². The molecule has 0 bridgehead atoms. The summed E-state index contributed by atoms with van der Waals surface area (Å²) in [6.45, 7) is 4.79. The van der Waals surface area contributed by atoms with Crippen LogP contribution in [0.1, 0.15) is 89.2 Å². The number of hydrogen-bond acceptors (Lipinski definition) is 8. The van der Waals surface area contributed by atoms with Gasteiger partial charge in [0.25, 0.3) is 0 Å². The summed E-state index contributed by atoms with van der Waals surface area (Å²) in [5.41, 5.74) is 4.25. The first-order valence-corrected chi connectivity index (χ1v) is 20.6. The van der Waals surface area contributed by atoms with Crippen molar-refractivity contribution in [3.8, 4) is 0 Å². The summed E-state index contributed by atoms with van der Waals surface area (Å²) in [5.74, 6) is -1.78. The van der Waals surface area contributed by atoms with Gasteiger partial charge in [-0.1, -0.05) is 88.8 Å². The molecule has 0 aliphatic carbocycles. The number of fused-ring (bicyclic) bond motifs is 2. The Hall–Kier alpha value is -5.65. The molecule has 0 unspecified atom stereocenters. The number of amides is 2. The first kappa shape index (κ1) is 41.0. The normalized spacial score (nSPS) is 16.4. The average Bonchev–Trinajstić information content (AvgIpc) is 3.98. The molecule has 12 nitrogen and oxygen atoms in total. The van der Waals surface area contributed by atoms with E-state index in [0.29, 0.717) is 18.5 Å². The predicted octanol–water partition coefficient (Wildman–Crippen LogP) is 7.08. The molecule has 6 rings (SSSR count). The lowest BCUT2D eigenvalue weighted by Crippen LogP contribution is -2.56. The number of pyridine rings is 1. The van der Waals surface area contributed by atoms with E-state index in [1.165, 1.54) is 0 Å². The van der Waals surface area contributed by atoms with Crippen LogP contribution in [0.15, 0.2) is 85.5 Å². The summed E-state index contributed by atoms with van der Waals surface area (Å²) >= 11 is 0. The van der Waals surface area contributed by atoms with Crippen LogP contribution in [-0.4, -0.2) is 76.1 Å². The van der Waals surface area contributed by atoms with Crippen molar-refractivity contribution in [1.82, 2.24) is 25.6 Å². The number of carbonyl (C=O) groups excluding carboxylic acids is 4. The predicted molar refractivity (Wildman–Crippen MR) is 222 cm³/mol. The molecule has 0 radical (unpaired) electrons. The summed E-state index contributed by atoms with van der Waals surface area (Å²) in [7, 11) is 0. The summed E-state index contributed by atoms with van der Waals surface area (Å²) < 4.78 is 11.5. The lowest BCUT2D eigenvalue weighted by atomic mass is 10.0. The number of unbranched alkanes of at least 4 members (excludes halogenated alkanes) is 6. The van der Waals surface area contributed by atoms with Crippen LogP contribution in [0, 0.1) is 0 Å². The van der Waals surface area contributed by atoms with Crippen LogP contribution in [-0.2, 0) is 41.5 Å². The minimum Gasteiger partial charge on any atom is -0.464 e. The summed E-state index contributed by atoms with van der Waals surface area (Å²) in [5, 5.41) is 7.97. The summed E-state index contributed by atoms with van der Waals surface area (Å²) in [6.07, 6.45) is 15.7. The van der Waals surface area contributed by atoms with Crippen LogP contribution in [0.4, 0.5) is 5.69 Å². The molecule has 1 saturated heterocycles. The maximum Gasteiger partial charge on any atom is 0.328 e. The second-order valence-corrected chi connectivity index (χ2v) is 14.9. The Kier molecular flexibility index (Phi) is 14.7. The maximum atomic E-state index is 14.4. The fourth-order valence-corrected chi connectivity index (χ4v) is 7.77.